The molecule has 0 saturated carbocycles. The number of benzene rings is 1. The third kappa shape index (κ3) is 4.18. The molecule has 0 amide bonds. The summed E-state index contributed by atoms with van der Waals surface area (Å²) in [5, 5.41) is 10.6. The van der Waals surface area contributed by atoms with Crippen LogP contribution in [-0.4, -0.2) is 51.3 Å². The Kier molecular flexibility index (Phi) is 4.70. The summed E-state index contributed by atoms with van der Waals surface area (Å²) < 4.78 is 5.59. The van der Waals surface area contributed by atoms with Crippen molar-refractivity contribution in [1.29, 1.82) is 0 Å². The first-order valence-corrected chi connectivity index (χ1v) is 6.67. The number of hydrogen-bond donors (Lipinski definition) is 2. The van der Waals surface area contributed by atoms with Gasteiger partial charge in [-0.25, -0.2) is 0 Å². The molecule has 2 rings (SSSR count). The van der Waals surface area contributed by atoms with Crippen LogP contribution in [0, 0.1) is 10.1 Å². The van der Waals surface area contributed by atoms with Crippen LogP contribution in [0.15, 0.2) is 24.3 Å². The Morgan fingerprint density at radius 2 is 2.05 bits per heavy atom. The lowest BCUT2D eigenvalue weighted by molar-refractivity contribution is -1.00. The molecular weight excluding hydrogens is 246 g/mol. The number of nitrogens with one attached hydrogen (secondary N) is 2. The average molecular weight is 267 g/mol. The zero-order valence-electron chi connectivity index (χ0n) is 11.2. The second-order valence-corrected chi connectivity index (χ2v) is 5.06. The van der Waals surface area contributed by atoms with Gasteiger partial charge in [-0.2, -0.15) is 0 Å². The minimum absolute atomic E-state index is 0.0769. The van der Waals surface area contributed by atoms with E-state index in [-0.39, 0.29) is 5.69 Å². The van der Waals surface area contributed by atoms with Crippen LogP contribution in [0.3, 0.4) is 0 Å². The maximum atomic E-state index is 10.6. The summed E-state index contributed by atoms with van der Waals surface area (Å²) >= 11 is 0. The maximum absolute atomic E-state index is 10.6. The van der Waals surface area contributed by atoms with Crippen LogP contribution in [0.1, 0.15) is 0 Å². The molecule has 1 aromatic carbocycles. The Balaban J connectivity index is 1.76. The molecule has 1 fully saturated rings. The fraction of sp³-hybridized carbons (Fsp3) is 0.538. The van der Waals surface area contributed by atoms with Gasteiger partial charge in [-0.3, -0.25) is 10.1 Å². The Labute approximate surface area is 112 Å². The second kappa shape index (κ2) is 6.49. The van der Waals surface area contributed by atoms with Crippen LogP contribution in [0.25, 0.3) is 0 Å². The SMILES string of the molecule is C[NH+]1CC[NH+](CCOc2cccc([N+](=O)[O-])c2)CC1. The van der Waals surface area contributed by atoms with Gasteiger partial charge in [-0.1, -0.05) is 6.07 Å². The number of piperazine rings is 1. The van der Waals surface area contributed by atoms with Crippen LogP contribution in [0.2, 0.25) is 0 Å². The standard InChI is InChI=1S/C13H19N3O3/c1-14-5-7-15(8-6-14)9-10-19-13-4-2-3-12(11-13)16(17)18/h2-4,11H,5-10H2,1H3/p+2. The van der Waals surface area contributed by atoms with Crippen molar-refractivity contribution in [1.82, 2.24) is 0 Å². The minimum atomic E-state index is -0.401. The molecule has 0 aliphatic carbocycles. The molecule has 0 atom stereocenters. The molecule has 0 bridgehead atoms. The Hall–Kier alpha value is -1.66. The summed E-state index contributed by atoms with van der Waals surface area (Å²) in [6.45, 7) is 6.30. The number of rotatable bonds is 5. The molecule has 1 aliphatic heterocycles. The van der Waals surface area contributed by atoms with Gasteiger partial charge in [0.1, 0.15) is 45.1 Å². The molecule has 6 heteroatoms. The lowest BCUT2D eigenvalue weighted by Crippen LogP contribution is -3.27. The van der Waals surface area contributed by atoms with Gasteiger partial charge in [0.15, 0.2) is 0 Å². The highest BCUT2D eigenvalue weighted by molar-refractivity contribution is 5.37. The average Bonchev–Trinajstić information content (AvgIpc) is 2.41. The Morgan fingerprint density at radius 3 is 2.74 bits per heavy atom. The van der Waals surface area contributed by atoms with Gasteiger partial charge < -0.3 is 14.5 Å². The number of quaternary nitrogens is 2. The summed E-state index contributed by atoms with van der Waals surface area (Å²) in [5.74, 6) is 0.577. The summed E-state index contributed by atoms with van der Waals surface area (Å²) in [6, 6.07) is 6.36. The third-order valence-corrected chi connectivity index (χ3v) is 3.56. The Bertz CT molecular complexity index is 431. The van der Waals surface area contributed by atoms with Gasteiger partial charge in [-0.05, 0) is 6.07 Å². The van der Waals surface area contributed by atoms with E-state index in [2.05, 4.69) is 7.05 Å². The first kappa shape index (κ1) is 13.8. The fourth-order valence-electron chi connectivity index (χ4n) is 2.28. The van der Waals surface area contributed by atoms with Crippen molar-refractivity contribution in [3.8, 4) is 5.75 Å². The number of nitrogens with zero attached hydrogens (tertiary/aromatic N) is 1. The number of nitro groups is 1. The van der Waals surface area contributed by atoms with Crippen LogP contribution in [0.4, 0.5) is 5.69 Å². The van der Waals surface area contributed by atoms with Gasteiger partial charge in [0.25, 0.3) is 5.69 Å². The van der Waals surface area contributed by atoms with Crippen molar-refractivity contribution < 1.29 is 19.5 Å². The largest absolute Gasteiger partial charge is 0.487 e. The number of likely N-dealkylation sites (N-methyl/N-ethyl adjacent to an activating group) is 1. The zero-order chi connectivity index (χ0) is 13.7. The van der Waals surface area contributed by atoms with E-state index in [1.807, 2.05) is 0 Å². The highest BCUT2D eigenvalue weighted by atomic mass is 16.6. The van der Waals surface area contributed by atoms with E-state index < -0.39 is 4.92 Å². The molecule has 0 unspecified atom stereocenters. The third-order valence-electron chi connectivity index (χ3n) is 3.56. The molecule has 104 valence electrons. The molecule has 1 aromatic rings. The predicted octanol–water partition coefficient (Wildman–Crippen LogP) is -1.61. The van der Waals surface area contributed by atoms with Crippen LogP contribution >= 0.6 is 0 Å². The van der Waals surface area contributed by atoms with Gasteiger partial charge in [-0.15, -0.1) is 0 Å². The Morgan fingerprint density at radius 1 is 1.32 bits per heavy atom. The molecule has 0 radical (unpaired) electrons. The second-order valence-electron chi connectivity index (χ2n) is 5.06. The lowest BCUT2D eigenvalue weighted by atomic mass is 10.3. The van der Waals surface area contributed by atoms with Crippen LogP contribution in [0.5, 0.6) is 5.75 Å². The minimum Gasteiger partial charge on any atom is -0.487 e. The van der Waals surface area contributed by atoms with E-state index in [9.17, 15) is 10.1 Å². The van der Waals surface area contributed by atoms with Gasteiger partial charge in [0.2, 0.25) is 0 Å². The maximum Gasteiger partial charge on any atom is 0.273 e. The van der Waals surface area contributed by atoms with Crippen LogP contribution < -0.4 is 14.5 Å². The lowest BCUT2D eigenvalue weighted by Gasteiger charge is -2.27. The molecular formula is C13H21N3O3+2. The number of non-ortho nitro benzene ring substituents is 1. The van der Waals surface area contributed by atoms with Crippen molar-refractivity contribution in [2.24, 2.45) is 0 Å². The molecule has 1 aliphatic rings. The van der Waals surface area contributed by atoms with Crippen LogP contribution in [-0.2, 0) is 0 Å². The summed E-state index contributed by atoms with van der Waals surface area (Å²) in [5.41, 5.74) is 0.0769. The fourth-order valence-corrected chi connectivity index (χ4v) is 2.28. The molecule has 1 heterocycles. The summed E-state index contributed by atoms with van der Waals surface area (Å²) in [7, 11) is 2.22. The van der Waals surface area contributed by atoms with Gasteiger partial charge in [0, 0.05) is 6.07 Å². The molecule has 2 N–H and O–H groups in total. The predicted molar refractivity (Wildman–Crippen MR) is 70.8 cm³/mol. The van der Waals surface area contributed by atoms with Crippen molar-refractivity contribution in [2.45, 2.75) is 0 Å². The van der Waals surface area contributed by atoms with Crippen molar-refractivity contribution in [2.75, 3.05) is 46.4 Å². The van der Waals surface area contributed by atoms with E-state index in [0.29, 0.717) is 12.4 Å². The molecule has 0 aromatic heterocycles. The first-order chi connectivity index (χ1) is 9.15. The topological polar surface area (TPSA) is 61.2 Å². The van der Waals surface area contributed by atoms with E-state index >= 15 is 0 Å². The highest BCUT2D eigenvalue weighted by Crippen LogP contribution is 2.18. The van der Waals surface area contributed by atoms with E-state index in [1.165, 1.54) is 38.3 Å². The molecule has 6 nitrogen and oxygen atoms in total. The molecule has 19 heavy (non-hydrogen) atoms. The smallest absolute Gasteiger partial charge is 0.273 e. The number of nitro benzene ring substituents is 1. The van der Waals surface area contributed by atoms with Crippen molar-refractivity contribution >= 4 is 5.69 Å². The number of hydrogen-bond acceptors (Lipinski definition) is 3. The zero-order valence-corrected chi connectivity index (χ0v) is 11.2. The monoisotopic (exact) mass is 267 g/mol. The van der Waals surface area contributed by atoms with Crippen molar-refractivity contribution in [3.63, 3.8) is 0 Å². The molecule has 1 saturated heterocycles. The van der Waals surface area contributed by atoms with E-state index in [4.69, 9.17) is 4.74 Å². The van der Waals surface area contributed by atoms with Crippen molar-refractivity contribution in [3.05, 3.63) is 34.4 Å². The van der Waals surface area contributed by atoms with E-state index in [0.717, 1.165) is 6.54 Å². The summed E-state index contributed by atoms with van der Waals surface area (Å²) in [4.78, 5) is 13.4. The summed E-state index contributed by atoms with van der Waals surface area (Å²) in [6.07, 6.45) is 0. The molecule has 0 spiro atoms. The first-order valence-electron chi connectivity index (χ1n) is 6.67. The van der Waals surface area contributed by atoms with Gasteiger partial charge >= 0.3 is 0 Å². The number of ether oxygens (including phenoxy) is 1. The van der Waals surface area contributed by atoms with Gasteiger partial charge in [0.05, 0.1) is 18.0 Å². The normalized spacial score (nSPS) is 23.0. The quantitative estimate of drug-likeness (QED) is 0.498. The highest BCUT2D eigenvalue weighted by Gasteiger charge is 2.19. The van der Waals surface area contributed by atoms with E-state index in [1.54, 1.807) is 21.9 Å².